The zero-order valence-corrected chi connectivity index (χ0v) is 23.1. The molecule has 1 aromatic heterocycles. The van der Waals surface area contributed by atoms with Crippen LogP contribution in [0.25, 0.3) is 10.9 Å². The van der Waals surface area contributed by atoms with Crippen molar-refractivity contribution in [2.45, 2.75) is 64.1 Å². The number of aryl methyl sites for hydroxylation is 1. The van der Waals surface area contributed by atoms with Crippen LogP contribution >= 0.6 is 11.6 Å². The van der Waals surface area contributed by atoms with Crippen LogP contribution in [0.2, 0.25) is 5.02 Å². The third-order valence-corrected chi connectivity index (χ3v) is 7.97. The standard InChI is InChI=1S/C30H36ClN3O4/c1-30(2)17-20-14-21(31)16-23(28(20)38-30)25(35)15-19-11-13-34(18-26(19)37-3)12-7-6-10-27-32-24-9-5-4-8-22(24)29(36)33-27/h4-5,8-9,14,16,19,26H,6-7,10-13,15,17-18H2,1-3H3,(H,32,33,36)/t19-,26-/m0/s1. The van der Waals surface area contributed by atoms with E-state index in [1.807, 2.05) is 38.1 Å². The molecule has 3 aromatic rings. The molecule has 0 aliphatic carbocycles. The second-order valence-corrected chi connectivity index (χ2v) is 11.7. The molecule has 0 spiro atoms. The molecule has 2 aromatic carbocycles. The second-order valence-electron chi connectivity index (χ2n) is 11.2. The van der Waals surface area contributed by atoms with Crippen LogP contribution < -0.4 is 10.3 Å². The summed E-state index contributed by atoms with van der Waals surface area (Å²) in [6.07, 6.45) is 4.74. The number of aromatic amines is 1. The number of ketones is 1. The Labute approximate surface area is 228 Å². The molecule has 2 aliphatic heterocycles. The number of methoxy groups -OCH3 is 1. The highest BCUT2D eigenvalue weighted by Crippen LogP contribution is 2.40. The number of ether oxygens (including phenoxy) is 2. The number of rotatable bonds is 9. The highest BCUT2D eigenvalue weighted by Gasteiger charge is 2.36. The number of hydrogen-bond donors (Lipinski definition) is 1. The third-order valence-electron chi connectivity index (χ3n) is 7.76. The number of fused-ring (bicyclic) bond motifs is 2. The molecule has 7 nitrogen and oxygen atoms in total. The molecule has 3 heterocycles. The summed E-state index contributed by atoms with van der Waals surface area (Å²) in [6.45, 7) is 6.74. The first-order valence-electron chi connectivity index (χ1n) is 13.5. The quantitative estimate of drug-likeness (QED) is 0.297. The van der Waals surface area contributed by atoms with Crippen LogP contribution in [0.15, 0.2) is 41.2 Å². The lowest BCUT2D eigenvalue weighted by Crippen LogP contribution is -2.45. The molecular formula is C30H36ClN3O4. The minimum Gasteiger partial charge on any atom is -0.486 e. The Morgan fingerprint density at radius 1 is 1.26 bits per heavy atom. The van der Waals surface area contributed by atoms with Crippen molar-refractivity contribution in [3.63, 3.8) is 0 Å². The van der Waals surface area contributed by atoms with Gasteiger partial charge in [0, 0.05) is 43.5 Å². The molecule has 0 radical (unpaired) electrons. The van der Waals surface area contributed by atoms with E-state index >= 15 is 0 Å². The smallest absolute Gasteiger partial charge is 0.258 e. The Morgan fingerprint density at radius 3 is 2.89 bits per heavy atom. The van der Waals surface area contributed by atoms with Crippen LogP contribution in [0, 0.1) is 5.92 Å². The average Bonchev–Trinajstić information content (AvgIpc) is 3.20. The molecule has 202 valence electrons. The van der Waals surface area contributed by atoms with Gasteiger partial charge < -0.3 is 19.4 Å². The molecule has 38 heavy (non-hydrogen) atoms. The predicted molar refractivity (Wildman–Crippen MR) is 149 cm³/mol. The Kier molecular flexibility index (Phi) is 7.89. The zero-order valence-electron chi connectivity index (χ0n) is 22.4. The van der Waals surface area contributed by atoms with Gasteiger partial charge >= 0.3 is 0 Å². The van der Waals surface area contributed by atoms with E-state index in [1.165, 1.54) is 0 Å². The molecule has 2 atom stereocenters. The van der Waals surface area contributed by atoms with E-state index in [0.717, 1.165) is 68.6 Å². The Morgan fingerprint density at radius 2 is 2.08 bits per heavy atom. The van der Waals surface area contributed by atoms with Gasteiger partial charge in [-0.25, -0.2) is 4.98 Å². The van der Waals surface area contributed by atoms with Gasteiger partial charge in [-0.1, -0.05) is 23.7 Å². The van der Waals surface area contributed by atoms with Crippen molar-refractivity contribution in [3.05, 3.63) is 68.7 Å². The fourth-order valence-corrected chi connectivity index (χ4v) is 6.08. The minimum absolute atomic E-state index is 0.00389. The normalized spacial score (nSPS) is 20.8. The van der Waals surface area contributed by atoms with Gasteiger partial charge in [0.05, 0.1) is 22.6 Å². The number of carbonyl (C=O) groups excluding carboxylic acids is 1. The van der Waals surface area contributed by atoms with E-state index in [-0.39, 0.29) is 29.0 Å². The molecule has 1 fully saturated rings. The molecule has 0 saturated carbocycles. The van der Waals surface area contributed by atoms with E-state index in [1.54, 1.807) is 19.2 Å². The molecule has 1 N–H and O–H groups in total. The van der Waals surface area contributed by atoms with Crippen LogP contribution in [0.3, 0.4) is 0 Å². The minimum atomic E-state index is -0.331. The fourth-order valence-electron chi connectivity index (χ4n) is 5.84. The van der Waals surface area contributed by atoms with E-state index in [9.17, 15) is 9.59 Å². The van der Waals surface area contributed by atoms with Crippen molar-refractivity contribution in [3.8, 4) is 5.75 Å². The number of carbonyl (C=O) groups is 1. The Hall–Kier alpha value is -2.74. The van der Waals surface area contributed by atoms with Gasteiger partial charge in [0.15, 0.2) is 5.78 Å². The Balaban J connectivity index is 1.13. The van der Waals surface area contributed by atoms with Gasteiger partial charge in [-0.15, -0.1) is 0 Å². The summed E-state index contributed by atoms with van der Waals surface area (Å²) < 4.78 is 12.0. The summed E-state index contributed by atoms with van der Waals surface area (Å²) in [6, 6.07) is 11.1. The van der Waals surface area contributed by atoms with E-state index in [2.05, 4.69) is 14.9 Å². The number of halogens is 1. The van der Waals surface area contributed by atoms with Crippen LogP contribution in [0.4, 0.5) is 0 Å². The maximum Gasteiger partial charge on any atom is 0.258 e. The van der Waals surface area contributed by atoms with Gasteiger partial charge in [0.2, 0.25) is 0 Å². The van der Waals surface area contributed by atoms with Gasteiger partial charge in [-0.05, 0) is 76.4 Å². The lowest BCUT2D eigenvalue weighted by atomic mass is 9.86. The lowest BCUT2D eigenvalue weighted by molar-refractivity contribution is -0.0126. The van der Waals surface area contributed by atoms with E-state index < -0.39 is 0 Å². The maximum atomic E-state index is 13.4. The molecule has 0 bridgehead atoms. The topological polar surface area (TPSA) is 84.5 Å². The number of para-hydroxylation sites is 1. The molecule has 0 unspecified atom stereocenters. The first-order chi connectivity index (χ1) is 18.2. The van der Waals surface area contributed by atoms with Crippen LogP contribution in [-0.2, 0) is 17.6 Å². The Bertz CT molecular complexity index is 1390. The number of piperidine rings is 1. The van der Waals surface area contributed by atoms with Crippen molar-refractivity contribution in [1.82, 2.24) is 14.9 Å². The number of nitrogens with zero attached hydrogens (tertiary/aromatic N) is 2. The molecule has 8 heteroatoms. The zero-order chi connectivity index (χ0) is 26.9. The van der Waals surface area contributed by atoms with Crippen LogP contribution in [-0.4, -0.2) is 59.1 Å². The van der Waals surface area contributed by atoms with Crippen LogP contribution in [0.5, 0.6) is 5.75 Å². The van der Waals surface area contributed by atoms with Crippen LogP contribution in [0.1, 0.15) is 61.3 Å². The number of benzene rings is 2. The highest BCUT2D eigenvalue weighted by atomic mass is 35.5. The van der Waals surface area contributed by atoms with Gasteiger partial charge in [-0.2, -0.15) is 0 Å². The molecule has 1 saturated heterocycles. The SMILES string of the molecule is CO[C@H]1CN(CCCCc2nc3ccccc3c(=O)[nH]2)CC[C@H]1CC(=O)c1cc(Cl)cc2c1OC(C)(C)C2. The van der Waals surface area contributed by atoms with E-state index in [0.29, 0.717) is 28.1 Å². The number of nitrogens with one attached hydrogen (secondary N) is 1. The fraction of sp³-hybridized carbons (Fsp3) is 0.500. The predicted octanol–water partition coefficient (Wildman–Crippen LogP) is 5.22. The number of hydrogen-bond acceptors (Lipinski definition) is 6. The largest absolute Gasteiger partial charge is 0.486 e. The first kappa shape index (κ1) is 26.9. The van der Waals surface area contributed by atoms with Gasteiger partial charge in [0.1, 0.15) is 17.2 Å². The summed E-state index contributed by atoms with van der Waals surface area (Å²) in [5.41, 5.74) is 1.93. The first-order valence-corrected chi connectivity index (χ1v) is 13.9. The van der Waals surface area contributed by atoms with Gasteiger partial charge in [0.25, 0.3) is 5.56 Å². The molecular weight excluding hydrogens is 502 g/mol. The number of Topliss-reactive ketones (excluding diaryl/α,β-unsaturated/α-hetero) is 1. The summed E-state index contributed by atoms with van der Waals surface area (Å²) in [5.74, 6) is 1.65. The lowest BCUT2D eigenvalue weighted by Gasteiger charge is -2.37. The summed E-state index contributed by atoms with van der Waals surface area (Å²) in [4.78, 5) is 35.6. The third kappa shape index (κ3) is 5.95. The van der Waals surface area contributed by atoms with Crippen molar-refractivity contribution in [1.29, 1.82) is 0 Å². The molecule has 0 amide bonds. The highest BCUT2D eigenvalue weighted by molar-refractivity contribution is 6.31. The van der Waals surface area contributed by atoms with Crippen molar-refractivity contribution in [2.75, 3.05) is 26.7 Å². The second kappa shape index (κ2) is 11.2. The van der Waals surface area contributed by atoms with E-state index in [4.69, 9.17) is 21.1 Å². The molecule has 5 rings (SSSR count). The number of unbranched alkanes of at least 4 members (excludes halogenated alkanes) is 1. The average molecular weight is 538 g/mol. The van der Waals surface area contributed by atoms with Crippen molar-refractivity contribution < 1.29 is 14.3 Å². The maximum absolute atomic E-state index is 13.4. The molecule has 2 aliphatic rings. The van der Waals surface area contributed by atoms with Crippen molar-refractivity contribution in [2.24, 2.45) is 5.92 Å². The monoisotopic (exact) mass is 537 g/mol. The summed E-state index contributed by atoms with van der Waals surface area (Å²) in [5, 5.41) is 1.20. The summed E-state index contributed by atoms with van der Waals surface area (Å²) in [7, 11) is 1.73. The number of aromatic nitrogens is 2. The number of likely N-dealkylation sites (tertiary alicyclic amines) is 1. The van der Waals surface area contributed by atoms with Crippen molar-refractivity contribution >= 4 is 28.3 Å². The van der Waals surface area contributed by atoms with Gasteiger partial charge in [-0.3, -0.25) is 9.59 Å². The number of H-pyrrole nitrogens is 1. The summed E-state index contributed by atoms with van der Waals surface area (Å²) >= 11 is 6.36.